The first-order chi connectivity index (χ1) is 11.7. The van der Waals surface area contributed by atoms with Crippen LogP contribution in [0.2, 0.25) is 0 Å². The van der Waals surface area contributed by atoms with E-state index < -0.39 is 28.4 Å². The van der Waals surface area contributed by atoms with Crippen molar-refractivity contribution in [1.29, 1.82) is 0 Å². The van der Waals surface area contributed by atoms with Crippen LogP contribution in [-0.2, 0) is 9.53 Å². The van der Waals surface area contributed by atoms with Gasteiger partial charge in [0, 0.05) is 5.70 Å². The third-order valence-corrected chi connectivity index (χ3v) is 3.91. The van der Waals surface area contributed by atoms with E-state index in [1.807, 2.05) is 0 Å². The van der Waals surface area contributed by atoms with Gasteiger partial charge in [-0.15, -0.1) is 0 Å². The summed E-state index contributed by atoms with van der Waals surface area (Å²) < 4.78 is 13.9. The van der Waals surface area contributed by atoms with E-state index in [1.54, 1.807) is 25.1 Å². The minimum Gasteiger partial charge on any atom is -0.458 e. The highest BCUT2D eigenvalue weighted by Crippen LogP contribution is 2.37. The molecule has 3 rings (SSSR count). The number of hydrogen-bond donors (Lipinski definition) is 2. The first-order valence-corrected chi connectivity index (χ1v) is 8.30. The van der Waals surface area contributed by atoms with E-state index >= 15 is 0 Å². The number of carbonyl (C=O) groups is 2. The van der Waals surface area contributed by atoms with Gasteiger partial charge in [-0.1, -0.05) is 40.9 Å². The number of carbonyl (C=O) groups excluding carboxylic acids is 2. The van der Waals surface area contributed by atoms with Crippen LogP contribution in [0, 0.1) is 0 Å². The number of amides is 2. The van der Waals surface area contributed by atoms with Crippen LogP contribution in [0.15, 0.2) is 29.5 Å². The summed E-state index contributed by atoms with van der Waals surface area (Å²) in [5.41, 5.74) is 1.17. The Hall–Kier alpha value is -1.83. The van der Waals surface area contributed by atoms with Crippen LogP contribution in [-0.4, -0.2) is 29.2 Å². The second kappa shape index (κ2) is 6.82. The maximum absolute atomic E-state index is 12.5. The number of rotatable bonds is 3. The smallest absolute Gasteiger partial charge is 0.338 e. The van der Waals surface area contributed by atoms with Crippen molar-refractivity contribution in [2.24, 2.45) is 0 Å². The molecule has 2 amide bonds. The van der Waals surface area contributed by atoms with Crippen LogP contribution in [0.3, 0.4) is 0 Å². The monoisotopic (exact) mass is 406 g/mol. The first-order valence-electron chi connectivity index (χ1n) is 7.16. The molecule has 0 spiro atoms. The number of urea groups is 1. The van der Waals surface area contributed by atoms with E-state index in [0.29, 0.717) is 22.8 Å². The highest BCUT2D eigenvalue weighted by molar-refractivity contribution is 6.67. The standard InChI is InChI=1S/C15H13Cl3N2O5/c1-7-11(13(21)23-5-15(16,17)18)12(20-14(22)19-7)8-2-3-9-10(4-8)25-6-24-9/h2-4,12H,5-6H2,1H3,(H2,19,20,22)/t12-/m1/s1. The van der Waals surface area contributed by atoms with Crippen LogP contribution in [0.1, 0.15) is 18.5 Å². The molecule has 1 aromatic rings. The molecule has 0 aromatic heterocycles. The van der Waals surface area contributed by atoms with E-state index in [4.69, 9.17) is 49.0 Å². The third kappa shape index (κ3) is 4.05. The zero-order chi connectivity index (χ0) is 18.2. The van der Waals surface area contributed by atoms with Gasteiger partial charge in [0.2, 0.25) is 10.6 Å². The van der Waals surface area contributed by atoms with E-state index in [0.717, 1.165) is 0 Å². The fourth-order valence-electron chi connectivity index (χ4n) is 2.53. The van der Waals surface area contributed by atoms with Gasteiger partial charge in [-0.3, -0.25) is 0 Å². The SMILES string of the molecule is CC1=C(C(=O)OCC(Cl)(Cl)Cl)[C@@H](c2ccc3c(c2)OCO3)NC(=O)N1. The van der Waals surface area contributed by atoms with Crippen LogP contribution < -0.4 is 20.1 Å². The zero-order valence-electron chi connectivity index (χ0n) is 12.9. The lowest BCUT2D eigenvalue weighted by molar-refractivity contribution is -0.139. The molecular weight excluding hydrogens is 395 g/mol. The van der Waals surface area contributed by atoms with E-state index in [1.165, 1.54) is 0 Å². The average molecular weight is 408 g/mol. The van der Waals surface area contributed by atoms with Gasteiger partial charge in [0.1, 0.15) is 6.61 Å². The lowest BCUT2D eigenvalue weighted by Gasteiger charge is -2.28. The summed E-state index contributed by atoms with van der Waals surface area (Å²) in [6, 6.07) is 3.92. The van der Waals surface area contributed by atoms with E-state index in [2.05, 4.69) is 10.6 Å². The topological polar surface area (TPSA) is 85.9 Å². The molecule has 7 nitrogen and oxygen atoms in total. The van der Waals surface area contributed by atoms with E-state index in [9.17, 15) is 9.59 Å². The Balaban J connectivity index is 1.91. The summed E-state index contributed by atoms with van der Waals surface area (Å²) in [6.45, 7) is 1.28. The second-order valence-electron chi connectivity index (χ2n) is 5.37. The molecule has 2 aliphatic heterocycles. The number of alkyl halides is 3. The molecule has 2 aliphatic rings. The number of benzene rings is 1. The van der Waals surface area contributed by atoms with Crippen molar-refractivity contribution in [2.75, 3.05) is 13.4 Å². The van der Waals surface area contributed by atoms with Crippen molar-refractivity contribution in [1.82, 2.24) is 10.6 Å². The molecule has 1 aromatic carbocycles. The number of esters is 1. The van der Waals surface area contributed by atoms with E-state index in [-0.39, 0.29) is 12.4 Å². The van der Waals surface area contributed by atoms with Crippen LogP contribution in [0.4, 0.5) is 4.79 Å². The molecule has 0 unspecified atom stereocenters. The predicted molar refractivity (Wildman–Crippen MR) is 90.9 cm³/mol. The Bertz CT molecular complexity index is 760. The molecule has 25 heavy (non-hydrogen) atoms. The molecule has 2 heterocycles. The van der Waals surface area contributed by atoms with Gasteiger partial charge in [0.05, 0.1) is 11.6 Å². The summed E-state index contributed by atoms with van der Waals surface area (Å²) in [5.74, 6) is 0.404. The Labute approximate surface area is 158 Å². The van der Waals surface area contributed by atoms with Crippen molar-refractivity contribution in [3.05, 3.63) is 35.0 Å². The quantitative estimate of drug-likeness (QED) is 0.594. The molecular formula is C15H13Cl3N2O5. The van der Waals surface area contributed by atoms with Crippen molar-refractivity contribution in [2.45, 2.75) is 16.8 Å². The highest BCUT2D eigenvalue weighted by Gasteiger charge is 2.34. The number of halogens is 3. The Morgan fingerprint density at radius 2 is 2.04 bits per heavy atom. The minimum atomic E-state index is -1.73. The molecule has 0 bridgehead atoms. The summed E-state index contributed by atoms with van der Waals surface area (Å²) in [4.78, 5) is 24.3. The van der Waals surface area contributed by atoms with Gasteiger partial charge in [-0.25, -0.2) is 9.59 Å². The molecule has 10 heteroatoms. The molecule has 1 atom stereocenters. The number of allylic oxidation sites excluding steroid dienone is 1. The lowest BCUT2D eigenvalue weighted by Crippen LogP contribution is -2.45. The summed E-state index contributed by atoms with van der Waals surface area (Å²) >= 11 is 16.8. The molecule has 2 N–H and O–H groups in total. The van der Waals surface area contributed by atoms with Gasteiger partial charge in [0.25, 0.3) is 0 Å². The molecule has 0 saturated heterocycles. The zero-order valence-corrected chi connectivity index (χ0v) is 15.2. The fourth-order valence-corrected chi connectivity index (χ4v) is 2.70. The van der Waals surface area contributed by atoms with Crippen molar-refractivity contribution < 1.29 is 23.8 Å². The minimum absolute atomic E-state index is 0.115. The summed E-state index contributed by atoms with van der Waals surface area (Å²) in [5, 5.41) is 5.21. The molecule has 0 aliphatic carbocycles. The van der Waals surface area contributed by atoms with Crippen molar-refractivity contribution in [3.8, 4) is 11.5 Å². The maximum atomic E-state index is 12.5. The Kier molecular flexibility index (Phi) is 4.90. The lowest BCUT2D eigenvalue weighted by atomic mass is 9.95. The summed E-state index contributed by atoms with van der Waals surface area (Å²) in [7, 11) is 0. The predicted octanol–water partition coefficient (Wildman–Crippen LogP) is 2.96. The summed E-state index contributed by atoms with van der Waals surface area (Å²) in [6.07, 6.45) is 0. The highest BCUT2D eigenvalue weighted by atomic mass is 35.6. The van der Waals surface area contributed by atoms with Crippen LogP contribution in [0.25, 0.3) is 0 Å². The molecule has 0 fully saturated rings. The van der Waals surface area contributed by atoms with Crippen LogP contribution in [0.5, 0.6) is 11.5 Å². The fraction of sp³-hybridized carbons (Fsp3) is 0.333. The van der Waals surface area contributed by atoms with Gasteiger partial charge in [-0.05, 0) is 24.6 Å². The van der Waals surface area contributed by atoms with Crippen LogP contribution >= 0.6 is 34.8 Å². The van der Waals surface area contributed by atoms with Crippen molar-refractivity contribution in [3.63, 3.8) is 0 Å². The number of hydrogen-bond acceptors (Lipinski definition) is 5. The first kappa shape index (κ1) is 18.0. The Morgan fingerprint density at radius 3 is 2.76 bits per heavy atom. The molecule has 0 saturated carbocycles. The third-order valence-electron chi connectivity index (χ3n) is 3.59. The van der Waals surface area contributed by atoms with Gasteiger partial charge in [0.15, 0.2) is 11.5 Å². The number of fused-ring (bicyclic) bond motifs is 1. The molecule has 0 radical (unpaired) electrons. The normalized spacial score (nSPS) is 19.4. The molecule has 134 valence electrons. The average Bonchev–Trinajstić information content (AvgIpc) is 2.98. The number of nitrogens with one attached hydrogen (secondary N) is 2. The Morgan fingerprint density at radius 1 is 1.32 bits per heavy atom. The second-order valence-corrected chi connectivity index (χ2v) is 7.89. The van der Waals surface area contributed by atoms with Gasteiger partial charge >= 0.3 is 12.0 Å². The van der Waals surface area contributed by atoms with Gasteiger partial charge < -0.3 is 24.8 Å². The largest absolute Gasteiger partial charge is 0.458 e. The van der Waals surface area contributed by atoms with Crippen molar-refractivity contribution >= 4 is 46.8 Å². The number of ether oxygens (including phenoxy) is 3. The maximum Gasteiger partial charge on any atom is 0.338 e. The van der Waals surface area contributed by atoms with Gasteiger partial charge in [-0.2, -0.15) is 0 Å².